The molecule has 20 heavy (non-hydrogen) atoms. The van der Waals surface area contributed by atoms with E-state index in [1.165, 1.54) is 6.07 Å². The van der Waals surface area contributed by atoms with Crippen molar-refractivity contribution in [3.63, 3.8) is 0 Å². The molecule has 1 aliphatic rings. The van der Waals surface area contributed by atoms with Crippen LogP contribution in [0.25, 0.3) is 0 Å². The van der Waals surface area contributed by atoms with E-state index in [4.69, 9.17) is 10.9 Å². The summed E-state index contributed by atoms with van der Waals surface area (Å²) in [7, 11) is -3.77. The predicted molar refractivity (Wildman–Crippen MR) is 81.9 cm³/mol. The molecule has 1 aliphatic carbocycles. The lowest BCUT2D eigenvalue weighted by atomic mass is 9.75. The number of hydrogen-bond donors (Lipinski definition) is 3. The van der Waals surface area contributed by atoms with Gasteiger partial charge in [0.2, 0.25) is 10.0 Å². The summed E-state index contributed by atoms with van der Waals surface area (Å²) in [5.41, 5.74) is 6.96. The second kappa shape index (κ2) is 5.26. The van der Waals surface area contributed by atoms with Crippen molar-refractivity contribution in [2.45, 2.75) is 50.5 Å². The van der Waals surface area contributed by atoms with Crippen LogP contribution in [0.2, 0.25) is 0 Å². The largest absolute Gasteiger partial charge is 0.399 e. The maximum absolute atomic E-state index is 11.6. The van der Waals surface area contributed by atoms with Gasteiger partial charge in [-0.1, -0.05) is 13.8 Å². The van der Waals surface area contributed by atoms with Gasteiger partial charge in [0.05, 0.1) is 5.69 Å². The molecule has 0 aliphatic heterocycles. The van der Waals surface area contributed by atoms with Crippen molar-refractivity contribution >= 4 is 21.4 Å². The summed E-state index contributed by atoms with van der Waals surface area (Å²) >= 11 is 0. The number of benzene rings is 1. The highest BCUT2D eigenvalue weighted by molar-refractivity contribution is 7.89. The van der Waals surface area contributed by atoms with Crippen molar-refractivity contribution in [2.24, 2.45) is 10.6 Å². The Morgan fingerprint density at radius 3 is 2.40 bits per heavy atom. The Morgan fingerprint density at radius 1 is 1.25 bits per heavy atom. The molecule has 0 bridgehead atoms. The molecular weight excluding hydrogens is 274 g/mol. The molecule has 112 valence electrons. The van der Waals surface area contributed by atoms with Crippen LogP contribution in [0.3, 0.4) is 0 Å². The summed E-state index contributed by atoms with van der Waals surface area (Å²) in [4.78, 5) is 0.0716. The number of nitrogens with one attached hydrogen (secondary N) is 1. The molecule has 0 amide bonds. The third kappa shape index (κ3) is 3.64. The normalized spacial score (nSPS) is 19.8. The summed E-state index contributed by atoms with van der Waals surface area (Å²) in [6.07, 6.45) is 4.32. The number of rotatable bonds is 3. The van der Waals surface area contributed by atoms with Crippen molar-refractivity contribution in [1.82, 2.24) is 0 Å². The van der Waals surface area contributed by atoms with E-state index in [0.717, 1.165) is 25.7 Å². The first kappa shape index (κ1) is 15.1. The highest BCUT2D eigenvalue weighted by Gasteiger charge is 2.27. The zero-order chi connectivity index (χ0) is 15.0. The van der Waals surface area contributed by atoms with Crippen molar-refractivity contribution in [1.29, 1.82) is 0 Å². The minimum atomic E-state index is -3.77. The van der Waals surface area contributed by atoms with Crippen LogP contribution in [-0.2, 0) is 10.0 Å². The van der Waals surface area contributed by atoms with Crippen LogP contribution in [0, 0.1) is 5.41 Å². The predicted octanol–water partition coefficient (Wildman–Crippen LogP) is 2.30. The van der Waals surface area contributed by atoms with Crippen LogP contribution in [0.4, 0.5) is 11.4 Å². The Balaban J connectivity index is 2.18. The zero-order valence-electron chi connectivity index (χ0n) is 12.0. The van der Waals surface area contributed by atoms with Crippen molar-refractivity contribution in [2.75, 3.05) is 11.1 Å². The fourth-order valence-corrected chi connectivity index (χ4v) is 3.39. The molecule has 5 N–H and O–H groups in total. The van der Waals surface area contributed by atoms with E-state index < -0.39 is 10.0 Å². The van der Waals surface area contributed by atoms with E-state index in [2.05, 4.69) is 19.2 Å². The molecule has 0 atom stereocenters. The molecule has 1 aromatic carbocycles. The molecule has 2 rings (SSSR count). The smallest absolute Gasteiger partial charge is 0.240 e. The standard InChI is InChI=1S/C14H23N3O2S/c1-14(2)7-5-11(6-8-14)17-12-4-3-10(15)9-13(12)20(16,18)19/h3-4,9,11,17H,5-8,15H2,1-2H3,(H2,16,18,19). The number of hydrogen-bond acceptors (Lipinski definition) is 4. The second-order valence-corrected chi connectivity index (χ2v) is 7.91. The minimum absolute atomic E-state index is 0.0716. The number of primary sulfonamides is 1. The van der Waals surface area contributed by atoms with Gasteiger partial charge in [-0.3, -0.25) is 0 Å². The van der Waals surface area contributed by atoms with E-state index in [9.17, 15) is 8.42 Å². The molecule has 0 heterocycles. The number of nitrogen functional groups attached to an aromatic ring is 1. The topological polar surface area (TPSA) is 98.2 Å². The van der Waals surface area contributed by atoms with Crippen LogP contribution < -0.4 is 16.2 Å². The average Bonchev–Trinajstić information content (AvgIpc) is 2.33. The second-order valence-electron chi connectivity index (χ2n) is 6.38. The van der Waals surface area contributed by atoms with Crippen molar-refractivity contribution in [3.05, 3.63) is 18.2 Å². The van der Waals surface area contributed by atoms with Gasteiger partial charge in [0.25, 0.3) is 0 Å². The van der Waals surface area contributed by atoms with E-state index in [1.54, 1.807) is 12.1 Å². The third-order valence-corrected chi connectivity index (χ3v) is 4.96. The molecule has 6 heteroatoms. The van der Waals surface area contributed by atoms with E-state index in [1.807, 2.05) is 0 Å². The Morgan fingerprint density at radius 2 is 1.85 bits per heavy atom. The van der Waals surface area contributed by atoms with Gasteiger partial charge in [-0.05, 0) is 49.3 Å². The Bertz CT molecular complexity index is 586. The fraction of sp³-hybridized carbons (Fsp3) is 0.571. The van der Waals surface area contributed by atoms with Crippen LogP contribution in [-0.4, -0.2) is 14.5 Å². The molecule has 0 aromatic heterocycles. The van der Waals surface area contributed by atoms with Gasteiger partial charge >= 0.3 is 0 Å². The maximum Gasteiger partial charge on any atom is 0.240 e. The highest BCUT2D eigenvalue weighted by atomic mass is 32.2. The first-order valence-electron chi connectivity index (χ1n) is 6.86. The van der Waals surface area contributed by atoms with Gasteiger partial charge in [0.1, 0.15) is 4.90 Å². The summed E-state index contributed by atoms with van der Waals surface area (Å²) in [6.45, 7) is 4.53. The van der Waals surface area contributed by atoms with Crippen molar-refractivity contribution in [3.8, 4) is 0 Å². The lowest BCUT2D eigenvalue weighted by molar-refractivity contribution is 0.232. The number of sulfonamides is 1. The Labute approximate surface area is 120 Å². The molecule has 0 unspecified atom stereocenters. The molecule has 1 aromatic rings. The van der Waals surface area contributed by atoms with Gasteiger partial charge in [0, 0.05) is 11.7 Å². The molecule has 5 nitrogen and oxygen atoms in total. The minimum Gasteiger partial charge on any atom is -0.399 e. The van der Waals surface area contributed by atoms with Crippen LogP contribution in [0.1, 0.15) is 39.5 Å². The quantitative estimate of drug-likeness (QED) is 0.745. The lowest BCUT2D eigenvalue weighted by Gasteiger charge is -2.35. The number of nitrogens with two attached hydrogens (primary N) is 2. The number of anilines is 2. The monoisotopic (exact) mass is 297 g/mol. The lowest BCUT2D eigenvalue weighted by Crippen LogP contribution is -2.30. The van der Waals surface area contributed by atoms with E-state index >= 15 is 0 Å². The summed E-state index contributed by atoms with van der Waals surface area (Å²) in [5, 5.41) is 8.56. The van der Waals surface area contributed by atoms with E-state index in [-0.39, 0.29) is 10.9 Å². The molecule has 0 saturated heterocycles. The van der Waals surface area contributed by atoms with Crippen LogP contribution in [0.5, 0.6) is 0 Å². The summed E-state index contributed by atoms with van der Waals surface area (Å²) < 4.78 is 23.3. The van der Waals surface area contributed by atoms with Gasteiger partial charge in [-0.2, -0.15) is 0 Å². The highest BCUT2D eigenvalue weighted by Crippen LogP contribution is 2.36. The van der Waals surface area contributed by atoms with Gasteiger partial charge in [0.15, 0.2) is 0 Å². The van der Waals surface area contributed by atoms with Gasteiger partial charge in [-0.15, -0.1) is 0 Å². The molecular formula is C14H23N3O2S. The zero-order valence-corrected chi connectivity index (χ0v) is 12.8. The van der Waals surface area contributed by atoms with Gasteiger partial charge < -0.3 is 11.1 Å². The average molecular weight is 297 g/mol. The van der Waals surface area contributed by atoms with Gasteiger partial charge in [-0.25, -0.2) is 13.6 Å². The maximum atomic E-state index is 11.6. The molecule has 0 radical (unpaired) electrons. The summed E-state index contributed by atoms with van der Waals surface area (Å²) in [5.74, 6) is 0. The third-order valence-electron chi connectivity index (χ3n) is 4.01. The molecule has 1 saturated carbocycles. The fourth-order valence-electron chi connectivity index (χ4n) is 2.66. The SMILES string of the molecule is CC1(C)CCC(Nc2ccc(N)cc2S(N)(=O)=O)CC1. The first-order chi connectivity index (χ1) is 9.17. The van der Waals surface area contributed by atoms with Crippen LogP contribution in [0.15, 0.2) is 23.1 Å². The molecule has 0 spiro atoms. The molecule has 1 fully saturated rings. The first-order valence-corrected chi connectivity index (χ1v) is 8.41. The Hall–Kier alpha value is -1.27. The summed E-state index contributed by atoms with van der Waals surface area (Å²) in [6, 6.07) is 5.07. The van der Waals surface area contributed by atoms with Crippen molar-refractivity contribution < 1.29 is 8.42 Å². The Kier molecular flexibility index (Phi) is 3.97. The van der Waals surface area contributed by atoms with Crippen LogP contribution >= 0.6 is 0 Å². The van der Waals surface area contributed by atoms with E-state index in [0.29, 0.717) is 16.8 Å².